The Morgan fingerprint density at radius 1 is 1.32 bits per heavy atom. The largest absolute Gasteiger partial charge is 0.466 e. The highest BCUT2D eigenvalue weighted by Gasteiger charge is 2.27. The van der Waals surface area contributed by atoms with Gasteiger partial charge in [-0.05, 0) is 46.8 Å². The number of rotatable bonds is 3. The number of carbonyl (C=O) groups is 1. The van der Waals surface area contributed by atoms with Crippen molar-refractivity contribution in [3.63, 3.8) is 0 Å². The van der Waals surface area contributed by atoms with E-state index in [1.165, 1.54) is 0 Å². The number of furan rings is 1. The molecule has 1 N–H and O–H groups in total. The van der Waals surface area contributed by atoms with Crippen LogP contribution in [0.3, 0.4) is 0 Å². The predicted molar refractivity (Wildman–Crippen MR) is 108 cm³/mol. The molecule has 1 aliphatic heterocycles. The van der Waals surface area contributed by atoms with Crippen molar-refractivity contribution in [1.29, 1.82) is 0 Å². The summed E-state index contributed by atoms with van der Waals surface area (Å²) in [6.45, 7) is 12.4. The molecule has 0 saturated carbocycles. The Hall–Kier alpha value is -2.67. The number of amides is 1. The van der Waals surface area contributed by atoms with E-state index < -0.39 is 0 Å². The number of aryl methyl sites for hydroxylation is 2. The molecule has 4 heterocycles. The minimum absolute atomic E-state index is 0.0313. The maximum absolute atomic E-state index is 13.5. The van der Waals surface area contributed by atoms with Crippen LogP contribution >= 0.6 is 0 Å². The molecule has 7 nitrogen and oxygen atoms in total. The highest BCUT2D eigenvalue weighted by atomic mass is 16.3. The Morgan fingerprint density at radius 2 is 2.11 bits per heavy atom. The van der Waals surface area contributed by atoms with Crippen molar-refractivity contribution in [3.05, 3.63) is 35.4 Å². The average Bonchev–Trinajstić information content (AvgIpc) is 3.23. The molecule has 0 aromatic carbocycles. The van der Waals surface area contributed by atoms with Crippen molar-refractivity contribution in [1.82, 2.24) is 25.0 Å². The molecule has 28 heavy (non-hydrogen) atoms. The third-order valence-corrected chi connectivity index (χ3v) is 5.37. The van der Waals surface area contributed by atoms with E-state index in [2.05, 4.69) is 31.2 Å². The summed E-state index contributed by atoms with van der Waals surface area (Å²) < 4.78 is 7.58. The number of hydrogen-bond donors (Lipinski definition) is 1. The van der Waals surface area contributed by atoms with Crippen LogP contribution in [0.4, 0.5) is 0 Å². The van der Waals surface area contributed by atoms with E-state index in [9.17, 15) is 4.79 Å². The van der Waals surface area contributed by atoms with Crippen LogP contribution in [0, 0.1) is 13.8 Å². The summed E-state index contributed by atoms with van der Waals surface area (Å²) >= 11 is 0. The van der Waals surface area contributed by atoms with Gasteiger partial charge in [-0.15, -0.1) is 0 Å². The van der Waals surface area contributed by atoms with Gasteiger partial charge < -0.3 is 14.6 Å². The lowest BCUT2D eigenvalue weighted by Gasteiger charge is -2.34. The average molecular weight is 381 g/mol. The fourth-order valence-corrected chi connectivity index (χ4v) is 3.89. The van der Waals surface area contributed by atoms with Gasteiger partial charge in [0.05, 0.1) is 22.8 Å². The van der Waals surface area contributed by atoms with Gasteiger partial charge in [0.1, 0.15) is 11.5 Å². The van der Waals surface area contributed by atoms with E-state index >= 15 is 0 Å². The standard InChI is InChI=1S/C21H27N5O2/c1-12(2)26-20-18(11-23-26)17(21(27)25-7-6-22-10-13(25)3)9-19(24-20)16-8-14(4)28-15(16)5/h8-9,11-13,22H,6-7,10H2,1-5H3/t13-/m1/s1. The summed E-state index contributed by atoms with van der Waals surface area (Å²) in [6, 6.07) is 4.16. The number of piperazine rings is 1. The van der Waals surface area contributed by atoms with Crippen LogP contribution in [0.5, 0.6) is 0 Å². The van der Waals surface area contributed by atoms with Crippen molar-refractivity contribution in [2.45, 2.75) is 46.7 Å². The Labute approximate surface area is 164 Å². The molecule has 1 saturated heterocycles. The van der Waals surface area contributed by atoms with Gasteiger partial charge in [-0.3, -0.25) is 4.79 Å². The topological polar surface area (TPSA) is 76.2 Å². The zero-order valence-electron chi connectivity index (χ0n) is 17.1. The number of nitrogens with one attached hydrogen (secondary N) is 1. The molecule has 1 amide bonds. The van der Waals surface area contributed by atoms with Gasteiger partial charge in [-0.25, -0.2) is 9.67 Å². The minimum Gasteiger partial charge on any atom is -0.466 e. The molecule has 3 aromatic heterocycles. The first-order chi connectivity index (χ1) is 13.4. The van der Waals surface area contributed by atoms with E-state index in [1.54, 1.807) is 6.20 Å². The molecule has 0 bridgehead atoms. The van der Waals surface area contributed by atoms with E-state index in [4.69, 9.17) is 9.40 Å². The molecule has 0 unspecified atom stereocenters. The Balaban J connectivity index is 1.91. The lowest BCUT2D eigenvalue weighted by molar-refractivity contribution is 0.0658. The van der Waals surface area contributed by atoms with Crippen LogP contribution in [0.25, 0.3) is 22.3 Å². The van der Waals surface area contributed by atoms with E-state index in [-0.39, 0.29) is 18.0 Å². The van der Waals surface area contributed by atoms with E-state index in [1.807, 2.05) is 35.6 Å². The summed E-state index contributed by atoms with van der Waals surface area (Å²) in [5.41, 5.74) is 3.05. The second-order valence-corrected chi connectivity index (χ2v) is 7.85. The zero-order chi connectivity index (χ0) is 20.0. The van der Waals surface area contributed by atoms with Crippen LogP contribution < -0.4 is 5.32 Å². The third kappa shape index (κ3) is 3.09. The van der Waals surface area contributed by atoms with Crippen molar-refractivity contribution >= 4 is 16.9 Å². The monoisotopic (exact) mass is 381 g/mol. The fraction of sp³-hybridized carbons (Fsp3) is 0.476. The van der Waals surface area contributed by atoms with Gasteiger partial charge in [0.15, 0.2) is 5.65 Å². The highest BCUT2D eigenvalue weighted by Crippen LogP contribution is 2.30. The van der Waals surface area contributed by atoms with Gasteiger partial charge in [-0.2, -0.15) is 5.10 Å². The molecular weight excluding hydrogens is 354 g/mol. The van der Waals surface area contributed by atoms with Gasteiger partial charge in [-0.1, -0.05) is 0 Å². The third-order valence-electron chi connectivity index (χ3n) is 5.37. The van der Waals surface area contributed by atoms with Crippen LogP contribution in [-0.2, 0) is 0 Å². The number of carbonyl (C=O) groups excluding carboxylic acids is 1. The SMILES string of the molecule is Cc1cc(-c2cc(C(=O)N3CCNC[C@H]3C)c3cnn(C(C)C)c3n2)c(C)o1. The first kappa shape index (κ1) is 18.7. The van der Waals surface area contributed by atoms with E-state index in [0.29, 0.717) is 12.1 Å². The Morgan fingerprint density at radius 3 is 2.75 bits per heavy atom. The summed E-state index contributed by atoms with van der Waals surface area (Å²) in [4.78, 5) is 20.3. The molecule has 3 aromatic rings. The second-order valence-electron chi connectivity index (χ2n) is 7.85. The fourth-order valence-electron chi connectivity index (χ4n) is 3.89. The van der Waals surface area contributed by atoms with Gasteiger partial charge in [0, 0.05) is 37.3 Å². The van der Waals surface area contributed by atoms with Crippen LogP contribution in [0.15, 0.2) is 22.7 Å². The molecular formula is C21H27N5O2. The Bertz CT molecular complexity index is 1030. The molecule has 0 aliphatic carbocycles. The van der Waals surface area contributed by atoms with E-state index in [0.717, 1.165) is 46.9 Å². The van der Waals surface area contributed by atoms with Crippen LogP contribution in [0.2, 0.25) is 0 Å². The number of nitrogens with zero attached hydrogens (tertiary/aromatic N) is 4. The maximum Gasteiger partial charge on any atom is 0.255 e. The summed E-state index contributed by atoms with van der Waals surface area (Å²) in [5, 5.41) is 8.65. The molecule has 0 radical (unpaired) electrons. The van der Waals surface area contributed by atoms with Crippen LogP contribution in [0.1, 0.15) is 48.7 Å². The smallest absolute Gasteiger partial charge is 0.255 e. The zero-order valence-corrected chi connectivity index (χ0v) is 17.1. The number of fused-ring (bicyclic) bond motifs is 1. The molecule has 148 valence electrons. The quantitative estimate of drug-likeness (QED) is 0.753. The normalized spacial score (nSPS) is 17.6. The molecule has 4 rings (SSSR count). The van der Waals surface area contributed by atoms with Gasteiger partial charge in [0.2, 0.25) is 0 Å². The molecule has 7 heteroatoms. The van der Waals surface area contributed by atoms with Gasteiger partial charge in [0.25, 0.3) is 5.91 Å². The predicted octanol–water partition coefficient (Wildman–Crippen LogP) is 3.32. The summed E-state index contributed by atoms with van der Waals surface area (Å²) in [5.74, 6) is 1.66. The summed E-state index contributed by atoms with van der Waals surface area (Å²) in [7, 11) is 0. The first-order valence-corrected chi connectivity index (χ1v) is 9.84. The maximum atomic E-state index is 13.5. The highest BCUT2D eigenvalue weighted by molar-refractivity contribution is 6.06. The van der Waals surface area contributed by atoms with Gasteiger partial charge >= 0.3 is 0 Å². The van der Waals surface area contributed by atoms with Crippen molar-refractivity contribution in [2.75, 3.05) is 19.6 Å². The number of aromatic nitrogens is 3. The molecule has 1 atom stereocenters. The van der Waals surface area contributed by atoms with Crippen LogP contribution in [-0.4, -0.2) is 51.2 Å². The van der Waals surface area contributed by atoms with Crippen molar-refractivity contribution in [2.24, 2.45) is 0 Å². The Kier molecular flexibility index (Phi) is 4.71. The van der Waals surface area contributed by atoms with Crippen molar-refractivity contribution in [3.8, 4) is 11.3 Å². The lowest BCUT2D eigenvalue weighted by Crippen LogP contribution is -2.52. The molecule has 0 spiro atoms. The number of pyridine rings is 1. The minimum atomic E-state index is 0.0313. The number of hydrogen-bond acceptors (Lipinski definition) is 5. The first-order valence-electron chi connectivity index (χ1n) is 9.84. The molecule has 1 fully saturated rings. The summed E-state index contributed by atoms with van der Waals surface area (Å²) in [6.07, 6.45) is 1.76. The second kappa shape index (κ2) is 7.05. The lowest BCUT2D eigenvalue weighted by atomic mass is 10.0. The molecule has 1 aliphatic rings. The van der Waals surface area contributed by atoms with Crippen molar-refractivity contribution < 1.29 is 9.21 Å².